The maximum absolute atomic E-state index is 12.1. The molecule has 0 aliphatic carbocycles. The first-order valence-electron chi connectivity index (χ1n) is 6.64. The average molecular weight is 291 g/mol. The van der Waals surface area contributed by atoms with Gasteiger partial charge in [-0.3, -0.25) is 10.1 Å². The van der Waals surface area contributed by atoms with Crippen LogP contribution >= 0.6 is 0 Å². The average Bonchev–Trinajstić information content (AvgIpc) is 2.43. The molecule has 1 aromatic heterocycles. The number of benzene rings is 1. The van der Waals surface area contributed by atoms with E-state index in [0.29, 0.717) is 9.58 Å². The van der Waals surface area contributed by atoms with Gasteiger partial charge in [-0.1, -0.05) is 12.1 Å². The molecular weight excluding hydrogens is 274 g/mol. The summed E-state index contributed by atoms with van der Waals surface area (Å²) in [4.78, 5) is 11.9. The zero-order valence-corrected chi connectivity index (χ0v) is 11.9. The maximum atomic E-state index is 12.1. The van der Waals surface area contributed by atoms with Crippen LogP contribution in [-0.4, -0.2) is 23.6 Å². The first-order chi connectivity index (χ1) is 9.99. The molecule has 112 valence electrons. The number of hydrogen-bond donors (Lipinski definition) is 2. The van der Waals surface area contributed by atoms with Crippen molar-refractivity contribution in [3.8, 4) is 0 Å². The highest BCUT2D eigenvalue weighted by Gasteiger charge is 2.19. The zero-order chi connectivity index (χ0) is 15.4. The summed E-state index contributed by atoms with van der Waals surface area (Å²) in [7, 11) is 0. The predicted octanol–water partition coefficient (Wildman–Crippen LogP) is -0.172. The topological polar surface area (TPSA) is 108 Å². The van der Waals surface area contributed by atoms with Gasteiger partial charge in [0.25, 0.3) is 5.52 Å². The number of carbonyl (C=O) groups excluding carboxylic acids is 1. The second-order valence-electron chi connectivity index (χ2n) is 4.88. The van der Waals surface area contributed by atoms with Crippen molar-refractivity contribution in [1.29, 1.82) is 0 Å². The third-order valence-electron chi connectivity index (χ3n) is 2.77. The van der Waals surface area contributed by atoms with Gasteiger partial charge in [0.1, 0.15) is 0 Å². The summed E-state index contributed by atoms with van der Waals surface area (Å²) in [5.74, 6) is -0.258. The number of para-hydroxylation sites is 2. The molecule has 0 spiro atoms. The summed E-state index contributed by atoms with van der Waals surface area (Å²) >= 11 is 0. The SMILES string of the molecule is CC(C)NC(=O)CCNc1n[n+]([O-])c2ccccc2[n+]1[O-]. The number of anilines is 1. The molecule has 0 bridgehead atoms. The van der Waals surface area contributed by atoms with Crippen molar-refractivity contribution in [3.63, 3.8) is 0 Å². The largest absolute Gasteiger partial charge is 0.739 e. The van der Waals surface area contributed by atoms with Crippen LogP contribution in [0.3, 0.4) is 0 Å². The Balaban J connectivity index is 2.09. The Kier molecular flexibility index (Phi) is 4.36. The van der Waals surface area contributed by atoms with Crippen LogP contribution in [0.5, 0.6) is 0 Å². The molecule has 0 unspecified atom stereocenters. The van der Waals surface area contributed by atoms with Crippen molar-refractivity contribution in [1.82, 2.24) is 10.4 Å². The van der Waals surface area contributed by atoms with Crippen LogP contribution < -0.4 is 20.2 Å². The van der Waals surface area contributed by atoms with Crippen molar-refractivity contribution in [3.05, 3.63) is 34.7 Å². The molecule has 0 aliphatic rings. The quantitative estimate of drug-likeness (QED) is 0.587. The molecule has 21 heavy (non-hydrogen) atoms. The standard InChI is InChI=1S/C13H17N5O3/c1-9(2)15-12(19)7-8-14-13-16-18(21)11-6-4-3-5-10(11)17(13)20/h3-6,9H,7-8H2,1-2H3,(H,14,16)(H,15,19). The summed E-state index contributed by atoms with van der Waals surface area (Å²) in [5.41, 5.74) is 0.409. The number of aromatic nitrogens is 3. The second kappa shape index (κ2) is 6.21. The van der Waals surface area contributed by atoms with E-state index in [1.54, 1.807) is 12.1 Å². The normalized spacial score (nSPS) is 10.8. The first-order valence-corrected chi connectivity index (χ1v) is 6.64. The van der Waals surface area contributed by atoms with Crippen molar-refractivity contribution in [2.24, 2.45) is 0 Å². The summed E-state index contributed by atoms with van der Waals surface area (Å²) in [6.07, 6.45) is 0.186. The van der Waals surface area contributed by atoms with Crippen LogP contribution in [0.4, 0.5) is 5.95 Å². The number of carbonyl (C=O) groups is 1. The Morgan fingerprint density at radius 1 is 1.29 bits per heavy atom. The van der Waals surface area contributed by atoms with Gasteiger partial charge in [-0.05, 0) is 19.9 Å². The van der Waals surface area contributed by atoms with E-state index in [1.807, 2.05) is 13.8 Å². The minimum atomic E-state index is -0.134. The van der Waals surface area contributed by atoms with E-state index in [0.717, 1.165) is 0 Å². The van der Waals surface area contributed by atoms with E-state index in [2.05, 4.69) is 15.7 Å². The summed E-state index contributed by atoms with van der Waals surface area (Å²) < 4.78 is 0.546. The lowest BCUT2D eigenvalue weighted by Gasteiger charge is -2.10. The highest BCUT2D eigenvalue weighted by Crippen LogP contribution is 2.05. The van der Waals surface area contributed by atoms with E-state index in [1.165, 1.54) is 12.1 Å². The van der Waals surface area contributed by atoms with Gasteiger partial charge in [-0.2, -0.15) is 0 Å². The van der Waals surface area contributed by atoms with E-state index >= 15 is 0 Å². The molecular formula is C13H17N5O3. The van der Waals surface area contributed by atoms with Gasteiger partial charge in [-0.25, -0.2) is 4.73 Å². The molecule has 1 amide bonds. The fourth-order valence-electron chi connectivity index (χ4n) is 1.88. The predicted molar refractivity (Wildman–Crippen MR) is 76.0 cm³/mol. The van der Waals surface area contributed by atoms with Crippen molar-refractivity contribution in [2.75, 3.05) is 11.9 Å². The van der Waals surface area contributed by atoms with Gasteiger partial charge in [0.2, 0.25) is 11.0 Å². The second-order valence-corrected chi connectivity index (χ2v) is 4.88. The Hall–Kier alpha value is -2.64. The number of nitrogens with zero attached hydrogens (tertiary/aromatic N) is 3. The number of amides is 1. The van der Waals surface area contributed by atoms with Crippen LogP contribution in [0, 0.1) is 10.4 Å². The van der Waals surface area contributed by atoms with Gasteiger partial charge in [0, 0.05) is 17.0 Å². The number of fused-ring (bicyclic) bond motifs is 1. The Labute approximate surface area is 121 Å². The number of nitrogens with one attached hydrogen (secondary N) is 2. The van der Waals surface area contributed by atoms with Crippen molar-refractivity contribution in [2.45, 2.75) is 26.3 Å². The maximum Gasteiger partial charge on any atom is 0.460 e. The fraction of sp³-hybridized carbons (Fsp3) is 0.385. The van der Waals surface area contributed by atoms with Crippen molar-refractivity contribution >= 4 is 22.9 Å². The molecule has 1 heterocycles. The molecule has 0 fully saturated rings. The summed E-state index contributed by atoms with van der Waals surface area (Å²) in [5, 5.41) is 32.9. The Morgan fingerprint density at radius 2 is 1.95 bits per heavy atom. The monoisotopic (exact) mass is 291 g/mol. The number of hydrogen-bond acceptors (Lipinski definition) is 5. The number of rotatable bonds is 5. The highest BCUT2D eigenvalue weighted by atomic mass is 16.5. The zero-order valence-electron chi connectivity index (χ0n) is 11.9. The lowest BCUT2D eigenvalue weighted by atomic mass is 10.3. The van der Waals surface area contributed by atoms with Gasteiger partial charge in [0.15, 0.2) is 5.52 Å². The van der Waals surface area contributed by atoms with Crippen LogP contribution in [0.2, 0.25) is 0 Å². The fourth-order valence-corrected chi connectivity index (χ4v) is 1.88. The smallest absolute Gasteiger partial charge is 0.460 e. The van der Waals surface area contributed by atoms with Gasteiger partial charge < -0.3 is 15.7 Å². The molecule has 0 saturated carbocycles. The minimum Gasteiger partial charge on any atom is -0.739 e. The summed E-state index contributed by atoms with van der Waals surface area (Å²) in [6, 6.07) is 6.43. The molecule has 2 rings (SSSR count). The molecule has 1 aromatic carbocycles. The summed E-state index contributed by atoms with van der Waals surface area (Å²) in [6.45, 7) is 3.94. The van der Waals surface area contributed by atoms with Gasteiger partial charge >= 0.3 is 5.95 Å². The van der Waals surface area contributed by atoms with Crippen LogP contribution in [0.1, 0.15) is 20.3 Å². The molecule has 8 nitrogen and oxygen atoms in total. The third-order valence-corrected chi connectivity index (χ3v) is 2.77. The van der Waals surface area contributed by atoms with Crippen molar-refractivity contribution < 1.29 is 14.4 Å². The molecule has 0 aliphatic heterocycles. The molecule has 0 atom stereocenters. The van der Waals surface area contributed by atoms with Gasteiger partial charge in [-0.15, -0.1) is 0 Å². The molecule has 8 heteroatoms. The Morgan fingerprint density at radius 3 is 2.62 bits per heavy atom. The Bertz CT molecular complexity index is 660. The molecule has 0 saturated heterocycles. The van der Waals surface area contributed by atoms with Gasteiger partial charge in [0.05, 0.1) is 13.0 Å². The molecule has 2 aromatic rings. The van der Waals surface area contributed by atoms with Crippen LogP contribution in [-0.2, 0) is 4.79 Å². The van der Waals surface area contributed by atoms with E-state index < -0.39 is 0 Å². The highest BCUT2D eigenvalue weighted by molar-refractivity contribution is 5.76. The lowest BCUT2D eigenvalue weighted by molar-refractivity contribution is -0.672. The van der Waals surface area contributed by atoms with Crippen LogP contribution in [0.25, 0.3) is 11.0 Å². The molecule has 0 radical (unpaired) electrons. The van der Waals surface area contributed by atoms with E-state index in [4.69, 9.17) is 0 Å². The van der Waals surface area contributed by atoms with E-state index in [9.17, 15) is 15.2 Å². The van der Waals surface area contributed by atoms with Crippen LogP contribution in [0.15, 0.2) is 24.3 Å². The lowest BCUT2D eigenvalue weighted by Crippen LogP contribution is -2.44. The molecule has 2 N–H and O–H groups in total. The first kappa shape index (κ1) is 14.8. The minimum absolute atomic E-state index is 0.0598. The van der Waals surface area contributed by atoms with E-state index in [-0.39, 0.29) is 41.9 Å². The third kappa shape index (κ3) is 3.47.